The lowest BCUT2D eigenvalue weighted by Gasteiger charge is -2.26. The highest BCUT2D eigenvalue weighted by Crippen LogP contribution is 2.14. The van der Waals surface area contributed by atoms with Crippen LogP contribution in [0.4, 0.5) is 31.4 Å². The number of unbranched alkanes of at least 4 members (excludes halogenated alkanes) is 7. The molecule has 0 spiro atoms. The van der Waals surface area contributed by atoms with Crippen LogP contribution >= 0.6 is 0 Å². The van der Waals surface area contributed by atoms with Gasteiger partial charge in [-0.3, -0.25) is 38.5 Å². The van der Waals surface area contributed by atoms with Crippen molar-refractivity contribution < 1.29 is 66.9 Å². The van der Waals surface area contributed by atoms with Gasteiger partial charge in [-0.2, -0.15) is 0 Å². The van der Waals surface area contributed by atoms with Gasteiger partial charge in [0.25, 0.3) is 11.8 Å². The first-order valence-electron chi connectivity index (χ1n) is 41.9. The van der Waals surface area contributed by atoms with E-state index in [1.807, 2.05) is 54.6 Å². The zero-order valence-electron chi connectivity index (χ0n) is 69.6. The predicted molar refractivity (Wildman–Crippen MR) is 462 cm³/mol. The van der Waals surface area contributed by atoms with Crippen LogP contribution in [-0.4, -0.2) is 206 Å². The minimum absolute atomic E-state index is 0.0109. The number of nitrogens with zero attached hydrogens (tertiary/aromatic N) is 2. The van der Waals surface area contributed by atoms with Crippen molar-refractivity contribution in [1.29, 1.82) is 0 Å². The molecule has 660 valence electrons. The number of urea groups is 3. The summed E-state index contributed by atoms with van der Waals surface area (Å²) in [5, 5.41) is 42.6. The topological polar surface area (TPSA) is 513 Å². The Kier molecular flexibility index (Phi) is 54.6. The van der Waals surface area contributed by atoms with Crippen LogP contribution in [0.15, 0.2) is 151 Å². The predicted octanol–water partition coefficient (Wildman–Crippen LogP) is 5.66. The Balaban J connectivity index is 1.39. The summed E-state index contributed by atoms with van der Waals surface area (Å²) in [5.41, 5.74) is 29.8. The SMILES string of the molecule is CCCC/C(N)=C/NCCCC[C@H](NC(=O)CCCN(N)/C=C(\N)CCCCNC(=O)Nc1ccccc1)C(=O)N[C@@H](CCCCN/C=C(\N)CCCCNC(=O)Nc1ccccc1)C(=O)N[C@@H](CCCCN/C=C(\N)CCCCNC(=O)Nc1ccccc1)C(=O)NCCOCCOCCOCCOCCC(=O)NCCN1C(=O)C=CC1=O. The fourth-order valence-electron chi connectivity index (χ4n) is 11.7. The molecular weight excluding hydrogens is 1530 g/mol. The number of hydrogen-bond acceptors (Lipinski definition) is 23. The third kappa shape index (κ3) is 51.6. The molecule has 3 aromatic rings. The minimum atomic E-state index is -1.15. The molecule has 1 heterocycles. The number of carbonyl (C=O) groups excluding carboxylic acids is 10. The Morgan fingerprint density at radius 2 is 0.756 bits per heavy atom. The van der Waals surface area contributed by atoms with Crippen molar-refractivity contribution in [2.24, 2.45) is 28.8 Å². The van der Waals surface area contributed by atoms with Crippen LogP contribution < -0.4 is 103 Å². The maximum Gasteiger partial charge on any atom is 0.319 e. The van der Waals surface area contributed by atoms with Crippen molar-refractivity contribution in [2.75, 3.05) is 134 Å². The highest BCUT2D eigenvalue weighted by molar-refractivity contribution is 6.13. The maximum atomic E-state index is 14.9. The van der Waals surface area contributed by atoms with Gasteiger partial charge < -0.3 is 121 Å². The van der Waals surface area contributed by atoms with Gasteiger partial charge in [0, 0.05) is 155 Å². The first kappa shape index (κ1) is 100. The molecule has 4 rings (SSSR count). The quantitative estimate of drug-likeness (QED) is 0.0140. The van der Waals surface area contributed by atoms with E-state index >= 15 is 0 Å². The Morgan fingerprint density at radius 1 is 0.378 bits per heavy atom. The molecular formula is C84H135N21O14. The molecule has 0 bridgehead atoms. The molecule has 0 aliphatic carbocycles. The van der Waals surface area contributed by atoms with E-state index in [0.717, 1.165) is 42.7 Å². The van der Waals surface area contributed by atoms with Crippen LogP contribution in [0.1, 0.15) is 161 Å². The van der Waals surface area contributed by atoms with Crippen molar-refractivity contribution >= 4 is 76.5 Å². The number of allylic oxidation sites excluding steroid dienone is 4. The van der Waals surface area contributed by atoms with E-state index in [4.69, 9.17) is 47.7 Å². The number of amides is 13. The standard InChI is InChI=1S/C84H135N21O14/c1-2-3-26-65(85)61-90-44-20-17-37-73(101-76(107)39-25-51-104(89)64-68(88)29-15-24-48-97-84(115)100-71-34-11-6-12-35-71)80(111)103-74(38-18-21-45-92-63-67(87)28-14-23-47-96-83(114)99-70-32-9-5-10-33-70)81(112)102-72(36-16-19-43-91-62-66(86)27-13-22-46-95-82(113)98-69-30-7-4-8-31-69)79(110)94-50-54-117-56-58-119-60-59-118-57-55-116-53-42-75(106)93-49-52-105-77(108)40-41-78(105)109/h4-12,30-35,40-41,61-64,72-74,90-92H,2-3,13-29,36-39,42-60,85-89H2,1H3,(H,93,106)(H,94,110)(H,101,107)(H,102,112)(H,103,111)(H2,95,98,113)(H2,96,99,114)(H2,97,100,115)/b65-61-,66-62-,67-63-,68-64-/t72-,73-,74-/m0/s1. The number of benzene rings is 3. The number of para-hydroxylation sites is 3. The van der Waals surface area contributed by atoms with Crippen LogP contribution in [0.25, 0.3) is 0 Å². The number of hydrogen-bond donors (Lipinski definition) is 19. The number of nitrogens with one attached hydrogen (secondary N) is 14. The average molecular weight is 1660 g/mol. The van der Waals surface area contributed by atoms with Crippen LogP contribution in [-0.2, 0) is 52.5 Å². The van der Waals surface area contributed by atoms with Gasteiger partial charge in [-0.25, -0.2) is 20.2 Å². The second-order valence-corrected chi connectivity index (χ2v) is 28.5. The summed E-state index contributed by atoms with van der Waals surface area (Å²) in [6.07, 6.45) is 22.2. The third-order valence-corrected chi connectivity index (χ3v) is 18.3. The van der Waals surface area contributed by atoms with E-state index in [2.05, 4.69) is 81.4 Å². The summed E-state index contributed by atoms with van der Waals surface area (Å²) >= 11 is 0. The molecule has 0 unspecified atom stereocenters. The Labute approximate surface area is 701 Å². The Morgan fingerprint density at radius 3 is 1.18 bits per heavy atom. The molecule has 1 aliphatic rings. The molecule has 1 aliphatic heterocycles. The number of rotatable bonds is 68. The van der Waals surface area contributed by atoms with E-state index in [1.165, 1.54) is 17.2 Å². The van der Waals surface area contributed by atoms with E-state index in [1.54, 1.807) is 61.2 Å². The van der Waals surface area contributed by atoms with Crippen molar-refractivity contribution in [3.8, 4) is 0 Å². The van der Waals surface area contributed by atoms with Crippen LogP contribution in [0.3, 0.4) is 0 Å². The van der Waals surface area contributed by atoms with Gasteiger partial charge in [0.1, 0.15) is 18.1 Å². The number of hydrazine groups is 1. The number of anilines is 3. The summed E-state index contributed by atoms with van der Waals surface area (Å²) in [7, 11) is 0. The molecule has 0 fully saturated rings. The van der Waals surface area contributed by atoms with Crippen molar-refractivity contribution in [2.45, 2.75) is 179 Å². The van der Waals surface area contributed by atoms with Gasteiger partial charge in [-0.05, 0) is 171 Å². The molecule has 0 saturated carbocycles. The lowest BCUT2D eigenvalue weighted by molar-refractivity contribution is -0.137. The second-order valence-electron chi connectivity index (χ2n) is 28.5. The molecule has 35 heteroatoms. The summed E-state index contributed by atoms with van der Waals surface area (Å²) < 4.78 is 22.5. The van der Waals surface area contributed by atoms with Gasteiger partial charge >= 0.3 is 18.1 Å². The summed E-state index contributed by atoms with van der Waals surface area (Å²) in [6, 6.07) is 23.3. The molecule has 0 saturated heterocycles. The molecule has 13 amide bonds. The van der Waals surface area contributed by atoms with Gasteiger partial charge in [0.05, 0.1) is 52.9 Å². The fraction of sp³-hybridized carbons (Fsp3) is 0.548. The summed E-state index contributed by atoms with van der Waals surface area (Å²) in [4.78, 5) is 131. The Hall–Kier alpha value is -11.1. The van der Waals surface area contributed by atoms with Gasteiger partial charge in [-0.1, -0.05) is 67.9 Å². The van der Waals surface area contributed by atoms with Crippen molar-refractivity contribution in [3.63, 3.8) is 0 Å². The number of ether oxygens (including phenoxy) is 4. The summed E-state index contributed by atoms with van der Waals surface area (Å²) in [5.74, 6) is 3.17. The molecule has 3 aromatic carbocycles. The van der Waals surface area contributed by atoms with Crippen LogP contribution in [0.2, 0.25) is 0 Å². The molecule has 0 aromatic heterocycles. The van der Waals surface area contributed by atoms with E-state index in [0.29, 0.717) is 163 Å². The van der Waals surface area contributed by atoms with Crippen molar-refractivity contribution in [1.82, 2.24) is 68.4 Å². The number of carbonyl (C=O) groups is 10. The zero-order valence-corrected chi connectivity index (χ0v) is 69.6. The maximum absolute atomic E-state index is 14.9. The first-order chi connectivity index (χ1) is 57.8. The van der Waals surface area contributed by atoms with E-state index in [-0.39, 0.29) is 135 Å². The van der Waals surface area contributed by atoms with E-state index in [9.17, 15) is 47.9 Å². The normalized spacial score (nSPS) is 13.0. The van der Waals surface area contributed by atoms with Crippen LogP contribution in [0.5, 0.6) is 0 Å². The lowest BCUT2D eigenvalue weighted by atomic mass is 10.0. The zero-order chi connectivity index (χ0) is 86.0. The number of imide groups is 1. The van der Waals surface area contributed by atoms with Crippen LogP contribution in [0, 0.1) is 0 Å². The third-order valence-electron chi connectivity index (χ3n) is 18.3. The molecule has 3 atom stereocenters. The minimum Gasteiger partial charge on any atom is -0.401 e. The first-order valence-corrected chi connectivity index (χ1v) is 41.9. The van der Waals surface area contributed by atoms with Gasteiger partial charge in [0.2, 0.25) is 29.5 Å². The fourth-order valence-corrected chi connectivity index (χ4v) is 11.7. The van der Waals surface area contributed by atoms with E-state index < -0.39 is 53.6 Å². The average Bonchev–Trinajstić information content (AvgIpc) is 1.46. The lowest BCUT2D eigenvalue weighted by Crippen LogP contribution is -2.56. The largest absolute Gasteiger partial charge is 0.401 e. The molecule has 24 N–H and O–H groups in total. The molecule has 119 heavy (non-hydrogen) atoms. The summed E-state index contributed by atoms with van der Waals surface area (Å²) in [6.45, 7) is 7.39. The smallest absolute Gasteiger partial charge is 0.319 e. The van der Waals surface area contributed by atoms with Gasteiger partial charge in [0.15, 0.2) is 0 Å². The van der Waals surface area contributed by atoms with Crippen molar-refractivity contribution in [3.05, 3.63) is 151 Å². The highest BCUT2D eigenvalue weighted by atomic mass is 16.6. The Bertz CT molecular complexity index is 3540. The number of nitrogens with two attached hydrogens (primary N) is 5. The molecule has 0 radical (unpaired) electrons. The van der Waals surface area contributed by atoms with Gasteiger partial charge in [-0.15, -0.1) is 0 Å². The highest BCUT2D eigenvalue weighted by Gasteiger charge is 2.30. The second kappa shape index (κ2) is 64.9. The monoisotopic (exact) mass is 1660 g/mol. The molecule has 35 nitrogen and oxygen atoms in total.